The first-order valence-electron chi connectivity index (χ1n) is 9.64. The van der Waals surface area contributed by atoms with Crippen molar-refractivity contribution in [2.45, 2.75) is 38.8 Å². The van der Waals surface area contributed by atoms with Gasteiger partial charge in [0, 0.05) is 44.2 Å². The zero-order valence-electron chi connectivity index (χ0n) is 16.3. The molecule has 0 radical (unpaired) electrons. The van der Waals surface area contributed by atoms with Gasteiger partial charge >= 0.3 is 0 Å². The summed E-state index contributed by atoms with van der Waals surface area (Å²) in [5, 5.41) is 0. The summed E-state index contributed by atoms with van der Waals surface area (Å²) < 4.78 is 10.6. The Labute approximate surface area is 163 Å². The molecule has 0 fully saturated rings. The number of methoxy groups -OCH3 is 2. The van der Waals surface area contributed by atoms with Gasteiger partial charge in [-0.1, -0.05) is 0 Å². The summed E-state index contributed by atoms with van der Waals surface area (Å²) in [6, 6.07) is 3.77. The SMILES string of the molecule is COc1ccc(CN2CCc3nc(C4=NCCCC4)[nH]c(=O)c3C2)c(OC)n1. The highest BCUT2D eigenvalue weighted by atomic mass is 16.5. The third kappa shape index (κ3) is 3.77. The molecule has 0 atom stereocenters. The Balaban J connectivity index is 1.54. The Bertz CT molecular complexity index is 953. The van der Waals surface area contributed by atoms with Crippen LogP contribution in [0.2, 0.25) is 0 Å². The lowest BCUT2D eigenvalue weighted by Gasteiger charge is -2.28. The number of hydrogen-bond donors (Lipinski definition) is 1. The molecule has 0 saturated heterocycles. The van der Waals surface area contributed by atoms with E-state index in [0.29, 0.717) is 30.7 Å². The molecular weight excluding hydrogens is 358 g/mol. The monoisotopic (exact) mass is 383 g/mol. The first-order valence-corrected chi connectivity index (χ1v) is 9.64. The molecular formula is C20H25N5O3. The van der Waals surface area contributed by atoms with E-state index in [9.17, 15) is 4.79 Å². The van der Waals surface area contributed by atoms with Crippen molar-refractivity contribution in [2.75, 3.05) is 27.3 Å². The summed E-state index contributed by atoms with van der Waals surface area (Å²) in [5.41, 5.74) is 3.47. The van der Waals surface area contributed by atoms with Crippen molar-refractivity contribution in [1.29, 1.82) is 0 Å². The fraction of sp³-hybridized carbons (Fsp3) is 0.500. The van der Waals surface area contributed by atoms with Crippen molar-refractivity contribution in [2.24, 2.45) is 4.99 Å². The number of hydrogen-bond acceptors (Lipinski definition) is 7. The Hall–Kier alpha value is -2.74. The van der Waals surface area contributed by atoms with Crippen molar-refractivity contribution >= 4 is 5.71 Å². The highest BCUT2D eigenvalue weighted by molar-refractivity contribution is 5.97. The van der Waals surface area contributed by atoms with Gasteiger partial charge in [-0.2, -0.15) is 4.98 Å². The lowest BCUT2D eigenvalue weighted by Crippen LogP contribution is -2.36. The van der Waals surface area contributed by atoms with Gasteiger partial charge in [0.25, 0.3) is 5.56 Å². The number of H-pyrrole nitrogens is 1. The van der Waals surface area contributed by atoms with Gasteiger partial charge in [0.05, 0.1) is 31.2 Å². The number of fused-ring (bicyclic) bond motifs is 1. The largest absolute Gasteiger partial charge is 0.481 e. The Morgan fingerprint density at radius 2 is 2.04 bits per heavy atom. The smallest absolute Gasteiger partial charge is 0.255 e. The van der Waals surface area contributed by atoms with Gasteiger partial charge in [-0.05, 0) is 25.3 Å². The zero-order chi connectivity index (χ0) is 19.5. The molecule has 0 aliphatic carbocycles. The van der Waals surface area contributed by atoms with Crippen LogP contribution in [-0.4, -0.2) is 52.9 Å². The van der Waals surface area contributed by atoms with Gasteiger partial charge in [0.1, 0.15) is 0 Å². The Morgan fingerprint density at radius 1 is 1.14 bits per heavy atom. The maximum Gasteiger partial charge on any atom is 0.255 e. The van der Waals surface area contributed by atoms with Gasteiger partial charge in [-0.25, -0.2) is 4.98 Å². The number of rotatable bonds is 5. The van der Waals surface area contributed by atoms with E-state index in [2.05, 4.69) is 19.9 Å². The van der Waals surface area contributed by atoms with E-state index in [1.165, 1.54) is 0 Å². The highest BCUT2D eigenvalue weighted by Gasteiger charge is 2.23. The second-order valence-electron chi connectivity index (χ2n) is 7.11. The molecule has 8 nitrogen and oxygen atoms in total. The van der Waals surface area contributed by atoms with Crippen LogP contribution >= 0.6 is 0 Å². The van der Waals surface area contributed by atoms with Crippen LogP contribution < -0.4 is 15.0 Å². The molecule has 4 rings (SSSR count). The summed E-state index contributed by atoms with van der Waals surface area (Å²) in [7, 11) is 3.18. The minimum atomic E-state index is -0.0576. The fourth-order valence-electron chi connectivity index (χ4n) is 3.75. The van der Waals surface area contributed by atoms with Gasteiger partial charge in [0.2, 0.25) is 11.8 Å². The first-order chi connectivity index (χ1) is 13.7. The van der Waals surface area contributed by atoms with Crippen LogP contribution in [0.1, 0.15) is 41.9 Å². The average Bonchev–Trinajstić information content (AvgIpc) is 2.75. The van der Waals surface area contributed by atoms with Gasteiger partial charge in [0.15, 0.2) is 5.82 Å². The van der Waals surface area contributed by atoms with Crippen LogP contribution in [0.4, 0.5) is 0 Å². The minimum absolute atomic E-state index is 0.0576. The van der Waals surface area contributed by atoms with Crippen LogP contribution in [0.15, 0.2) is 21.9 Å². The number of aromatic amines is 1. The molecule has 2 aliphatic rings. The molecule has 0 saturated carbocycles. The van der Waals surface area contributed by atoms with Gasteiger partial charge < -0.3 is 14.5 Å². The molecule has 0 aromatic carbocycles. The van der Waals surface area contributed by atoms with Crippen molar-refractivity contribution in [3.8, 4) is 11.8 Å². The molecule has 0 spiro atoms. The van der Waals surface area contributed by atoms with Crippen molar-refractivity contribution in [3.63, 3.8) is 0 Å². The van der Waals surface area contributed by atoms with E-state index >= 15 is 0 Å². The third-order valence-electron chi connectivity index (χ3n) is 5.26. The van der Waals surface area contributed by atoms with Crippen LogP contribution in [0.3, 0.4) is 0 Å². The first kappa shape index (κ1) is 18.6. The zero-order valence-corrected chi connectivity index (χ0v) is 16.3. The molecule has 0 amide bonds. The third-order valence-corrected chi connectivity index (χ3v) is 5.26. The molecule has 28 heavy (non-hydrogen) atoms. The second kappa shape index (κ2) is 8.10. The van der Waals surface area contributed by atoms with E-state index in [1.807, 2.05) is 12.1 Å². The maximum atomic E-state index is 12.7. The summed E-state index contributed by atoms with van der Waals surface area (Å²) in [4.78, 5) is 31.5. The number of nitrogens with zero attached hydrogens (tertiary/aromatic N) is 4. The molecule has 8 heteroatoms. The number of aliphatic imine (C=N–C) groups is 1. The van der Waals surface area contributed by atoms with Crippen LogP contribution in [0, 0.1) is 0 Å². The highest BCUT2D eigenvalue weighted by Crippen LogP contribution is 2.24. The molecule has 1 N–H and O–H groups in total. The van der Waals surface area contributed by atoms with E-state index in [-0.39, 0.29) is 5.56 Å². The predicted octanol–water partition coefficient (Wildman–Crippen LogP) is 1.71. The summed E-state index contributed by atoms with van der Waals surface area (Å²) in [6.07, 6.45) is 3.84. The fourth-order valence-corrected chi connectivity index (χ4v) is 3.75. The molecule has 2 aliphatic heterocycles. The van der Waals surface area contributed by atoms with Crippen molar-refractivity contribution in [3.05, 3.63) is 45.1 Å². The van der Waals surface area contributed by atoms with Crippen molar-refractivity contribution < 1.29 is 9.47 Å². The number of nitrogens with one attached hydrogen (secondary N) is 1. The predicted molar refractivity (Wildman–Crippen MR) is 105 cm³/mol. The minimum Gasteiger partial charge on any atom is -0.481 e. The Morgan fingerprint density at radius 3 is 2.79 bits per heavy atom. The lowest BCUT2D eigenvalue weighted by molar-refractivity contribution is 0.236. The normalized spacial score (nSPS) is 17.0. The second-order valence-corrected chi connectivity index (χ2v) is 7.11. The standard InChI is InChI=1S/C20H25N5O3/c1-27-17-7-6-13(20(23-17)28-2)11-25-10-8-15-14(12-25)19(26)24-18(22-15)16-5-3-4-9-21-16/h6-7H,3-5,8-12H2,1-2H3,(H,22,24,26). The summed E-state index contributed by atoms with van der Waals surface area (Å²) in [5.74, 6) is 1.71. The van der Waals surface area contributed by atoms with E-state index in [1.54, 1.807) is 14.2 Å². The molecule has 4 heterocycles. The van der Waals surface area contributed by atoms with Gasteiger partial charge in [-0.15, -0.1) is 0 Å². The molecule has 0 bridgehead atoms. The van der Waals surface area contributed by atoms with Crippen LogP contribution in [0.5, 0.6) is 11.8 Å². The van der Waals surface area contributed by atoms with E-state index in [4.69, 9.17) is 14.5 Å². The quantitative estimate of drug-likeness (QED) is 0.845. The van der Waals surface area contributed by atoms with Crippen LogP contribution in [-0.2, 0) is 19.5 Å². The van der Waals surface area contributed by atoms with E-state index in [0.717, 1.165) is 61.3 Å². The Kier molecular flexibility index (Phi) is 5.38. The summed E-state index contributed by atoms with van der Waals surface area (Å²) in [6.45, 7) is 2.85. The molecule has 0 unspecified atom stereocenters. The molecule has 148 valence electrons. The lowest BCUT2D eigenvalue weighted by atomic mass is 10.0. The average molecular weight is 383 g/mol. The summed E-state index contributed by atoms with van der Waals surface area (Å²) >= 11 is 0. The maximum absolute atomic E-state index is 12.7. The van der Waals surface area contributed by atoms with Gasteiger partial charge in [-0.3, -0.25) is 14.7 Å². The van der Waals surface area contributed by atoms with Crippen molar-refractivity contribution in [1.82, 2.24) is 19.9 Å². The van der Waals surface area contributed by atoms with Crippen LogP contribution in [0.25, 0.3) is 0 Å². The molecule has 2 aromatic heterocycles. The number of aromatic nitrogens is 3. The number of ether oxygens (including phenoxy) is 2. The molecule has 2 aromatic rings. The van der Waals surface area contributed by atoms with E-state index < -0.39 is 0 Å². The topological polar surface area (TPSA) is 92.7 Å². The number of pyridine rings is 1.